The van der Waals surface area contributed by atoms with Gasteiger partial charge >= 0.3 is 0 Å². The second kappa shape index (κ2) is 8.41. The van der Waals surface area contributed by atoms with Crippen LogP contribution in [0.5, 0.6) is 0 Å². The molecule has 27 heavy (non-hydrogen) atoms. The van der Waals surface area contributed by atoms with E-state index in [9.17, 15) is 17.6 Å². The van der Waals surface area contributed by atoms with Crippen LogP contribution in [0.1, 0.15) is 29.4 Å². The van der Waals surface area contributed by atoms with E-state index in [4.69, 9.17) is 0 Å². The summed E-state index contributed by atoms with van der Waals surface area (Å²) in [6.07, 6.45) is 0.656. The van der Waals surface area contributed by atoms with Gasteiger partial charge in [-0.15, -0.1) is 0 Å². The molecule has 2 aromatic rings. The summed E-state index contributed by atoms with van der Waals surface area (Å²) in [6, 6.07) is 0.110. The zero-order chi connectivity index (χ0) is 20.3. The molecule has 2 rings (SSSR count). The number of halogens is 4. The van der Waals surface area contributed by atoms with Crippen LogP contribution in [0.3, 0.4) is 0 Å². The zero-order valence-corrected chi connectivity index (χ0v) is 15.9. The molecule has 9 heteroatoms. The molecule has 0 fully saturated rings. The van der Waals surface area contributed by atoms with Crippen LogP contribution in [0.15, 0.2) is 11.1 Å². The third-order valence-electron chi connectivity index (χ3n) is 4.41. The number of aromatic nitrogens is 2. The first kappa shape index (κ1) is 20.7. The molecule has 0 aliphatic rings. The zero-order valence-electron chi connectivity index (χ0n) is 15.9. The molecule has 1 atom stereocenters. The molecule has 0 radical (unpaired) electrons. The Kier molecular flexibility index (Phi) is 6.45. The minimum absolute atomic E-state index is 0.0725. The van der Waals surface area contributed by atoms with Gasteiger partial charge in [-0.1, -0.05) is 0 Å². The van der Waals surface area contributed by atoms with Crippen LogP contribution in [-0.4, -0.2) is 28.8 Å². The van der Waals surface area contributed by atoms with E-state index in [1.54, 1.807) is 4.68 Å². The third kappa shape index (κ3) is 4.58. The standard InChI is InChI=1S/C18H23F4N5/c1-9(6-12-10(2)26-27(5)11(12)3)25-18(23-4)24-8-13-16(21)14(19)7-15(20)17(13)22/h7,9H,6,8H2,1-5H3,(H2,23,24,25). The minimum atomic E-state index is -1.44. The van der Waals surface area contributed by atoms with Gasteiger partial charge in [0.05, 0.1) is 5.69 Å². The Bertz CT molecular complexity index is 834. The van der Waals surface area contributed by atoms with Crippen LogP contribution in [0.4, 0.5) is 17.6 Å². The molecule has 148 valence electrons. The Labute approximate surface area is 155 Å². The number of hydrogen-bond acceptors (Lipinski definition) is 2. The number of aryl methyl sites for hydroxylation is 2. The summed E-state index contributed by atoms with van der Waals surface area (Å²) < 4.78 is 55.9. The van der Waals surface area contributed by atoms with Gasteiger partial charge in [-0.3, -0.25) is 9.67 Å². The van der Waals surface area contributed by atoms with Crippen LogP contribution in [0, 0.1) is 37.1 Å². The van der Waals surface area contributed by atoms with Crippen molar-refractivity contribution in [2.75, 3.05) is 7.05 Å². The van der Waals surface area contributed by atoms with Gasteiger partial charge in [-0.05, 0) is 32.8 Å². The maximum atomic E-state index is 13.7. The van der Waals surface area contributed by atoms with Crippen molar-refractivity contribution in [3.8, 4) is 0 Å². The third-order valence-corrected chi connectivity index (χ3v) is 4.41. The Balaban J connectivity index is 2.04. The maximum absolute atomic E-state index is 13.7. The Morgan fingerprint density at radius 1 is 1.15 bits per heavy atom. The van der Waals surface area contributed by atoms with E-state index < -0.39 is 35.4 Å². The maximum Gasteiger partial charge on any atom is 0.191 e. The molecule has 0 bridgehead atoms. The van der Waals surface area contributed by atoms with Crippen molar-refractivity contribution >= 4 is 5.96 Å². The van der Waals surface area contributed by atoms with E-state index >= 15 is 0 Å². The quantitative estimate of drug-likeness (QED) is 0.360. The number of rotatable bonds is 5. The van der Waals surface area contributed by atoms with Gasteiger partial charge < -0.3 is 10.6 Å². The average Bonchev–Trinajstić information content (AvgIpc) is 2.85. The molecule has 0 saturated heterocycles. The molecule has 0 aliphatic heterocycles. The molecule has 0 amide bonds. The van der Waals surface area contributed by atoms with Crippen molar-refractivity contribution in [1.82, 2.24) is 20.4 Å². The number of hydrogen-bond donors (Lipinski definition) is 2. The highest BCUT2D eigenvalue weighted by Gasteiger charge is 2.19. The van der Waals surface area contributed by atoms with Gasteiger partial charge in [0.1, 0.15) is 0 Å². The molecule has 5 nitrogen and oxygen atoms in total. The highest BCUT2D eigenvalue weighted by Crippen LogP contribution is 2.19. The minimum Gasteiger partial charge on any atom is -0.354 e. The Morgan fingerprint density at radius 2 is 1.74 bits per heavy atom. The average molecular weight is 385 g/mol. The molecular weight excluding hydrogens is 362 g/mol. The van der Waals surface area contributed by atoms with E-state index in [2.05, 4.69) is 20.7 Å². The molecular formula is C18H23F4N5. The van der Waals surface area contributed by atoms with E-state index in [0.29, 0.717) is 6.42 Å². The van der Waals surface area contributed by atoms with Crippen molar-refractivity contribution in [3.05, 3.63) is 51.9 Å². The fourth-order valence-corrected chi connectivity index (χ4v) is 2.85. The summed E-state index contributed by atoms with van der Waals surface area (Å²) in [5.41, 5.74) is 2.34. The second-order valence-corrected chi connectivity index (χ2v) is 6.39. The summed E-state index contributed by atoms with van der Waals surface area (Å²) in [6.45, 7) is 5.36. The smallest absolute Gasteiger partial charge is 0.191 e. The van der Waals surface area contributed by atoms with E-state index in [-0.39, 0.29) is 18.1 Å². The van der Waals surface area contributed by atoms with Gasteiger partial charge in [-0.2, -0.15) is 5.10 Å². The fraction of sp³-hybridized carbons (Fsp3) is 0.444. The van der Waals surface area contributed by atoms with Gasteiger partial charge in [-0.25, -0.2) is 17.6 Å². The first-order valence-corrected chi connectivity index (χ1v) is 8.43. The van der Waals surface area contributed by atoms with Crippen molar-refractivity contribution in [1.29, 1.82) is 0 Å². The molecule has 1 aromatic carbocycles. The normalized spacial score (nSPS) is 13.0. The fourth-order valence-electron chi connectivity index (χ4n) is 2.85. The molecule has 0 spiro atoms. The lowest BCUT2D eigenvalue weighted by atomic mass is 10.1. The van der Waals surface area contributed by atoms with Gasteiger partial charge in [0.2, 0.25) is 0 Å². The summed E-state index contributed by atoms with van der Waals surface area (Å²) in [5, 5.41) is 10.1. The highest BCUT2D eigenvalue weighted by molar-refractivity contribution is 5.79. The van der Waals surface area contributed by atoms with Gasteiger partial charge in [0.15, 0.2) is 29.2 Å². The molecule has 0 saturated carbocycles. The largest absolute Gasteiger partial charge is 0.354 e. The number of aliphatic imine (C=N–C) groups is 1. The summed E-state index contributed by atoms with van der Waals surface area (Å²) in [7, 11) is 3.35. The first-order chi connectivity index (χ1) is 12.6. The predicted octanol–water partition coefficient (Wildman–Crippen LogP) is 2.89. The Hall–Kier alpha value is -2.58. The van der Waals surface area contributed by atoms with Gasteiger partial charge in [0.25, 0.3) is 0 Å². The van der Waals surface area contributed by atoms with Crippen molar-refractivity contribution in [2.45, 2.75) is 39.8 Å². The lowest BCUT2D eigenvalue weighted by Gasteiger charge is -2.18. The van der Waals surface area contributed by atoms with Crippen LogP contribution in [0.2, 0.25) is 0 Å². The summed E-state index contributed by atoms with van der Waals surface area (Å²) >= 11 is 0. The number of nitrogens with zero attached hydrogens (tertiary/aromatic N) is 3. The van der Waals surface area contributed by atoms with Crippen molar-refractivity contribution < 1.29 is 17.6 Å². The van der Waals surface area contributed by atoms with Gasteiger partial charge in [0, 0.05) is 44.0 Å². The van der Waals surface area contributed by atoms with Crippen LogP contribution in [0.25, 0.3) is 0 Å². The lowest BCUT2D eigenvalue weighted by molar-refractivity contribution is 0.436. The number of benzene rings is 1. The number of nitrogens with one attached hydrogen (secondary N) is 2. The SMILES string of the molecule is CN=C(NCc1c(F)c(F)cc(F)c1F)NC(C)Cc1c(C)nn(C)c1C. The van der Waals surface area contributed by atoms with Crippen molar-refractivity contribution in [2.24, 2.45) is 12.0 Å². The summed E-state index contributed by atoms with van der Waals surface area (Å²) in [4.78, 5) is 3.98. The second-order valence-electron chi connectivity index (χ2n) is 6.39. The molecule has 1 aromatic heterocycles. The Morgan fingerprint density at radius 3 is 2.22 bits per heavy atom. The van der Waals surface area contributed by atoms with E-state index in [0.717, 1.165) is 17.0 Å². The summed E-state index contributed by atoms with van der Waals surface area (Å²) in [5.74, 6) is -5.47. The molecule has 1 unspecified atom stereocenters. The van der Waals surface area contributed by atoms with Crippen LogP contribution in [-0.2, 0) is 20.0 Å². The molecule has 0 aliphatic carbocycles. The monoisotopic (exact) mass is 385 g/mol. The molecule has 1 heterocycles. The molecule has 2 N–H and O–H groups in total. The topological polar surface area (TPSA) is 54.2 Å². The van der Waals surface area contributed by atoms with E-state index in [1.165, 1.54) is 7.05 Å². The lowest BCUT2D eigenvalue weighted by Crippen LogP contribution is -2.43. The first-order valence-electron chi connectivity index (χ1n) is 8.43. The van der Waals surface area contributed by atoms with Crippen LogP contribution >= 0.6 is 0 Å². The highest BCUT2D eigenvalue weighted by atomic mass is 19.2. The number of guanidine groups is 1. The predicted molar refractivity (Wildman–Crippen MR) is 95.5 cm³/mol. The van der Waals surface area contributed by atoms with Crippen LogP contribution < -0.4 is 10.6 Å². The van der Waals surface area contributed by atoms with Crippen molar-refractivity contribution in [3.63, 3.8) is 0 Å². The van der Waals surface area contributed by atoms with E-state index in [1.807, 2.05) is 27.8 Å².